The highest BCUT2D eigenvalue weighted by Crippen LogP contribution is 2.40. The zero-order chi connectivity index (χ0) is 26.2. The van der Waals surface area contributed by atoms with Crippen LogP contribution in [0.3, 0.4) is 0 Å². The summed E-state index contributed by atoms with van der Waals surface area (Å²) in [6, 6.07) is 17.6. The quantitative estimate of drug-likeness (QED) is 0.440. The van der Waals surface area contributed by atoms with Gasteiger partial charge in [0.25, 0.3) is 0 Å². The molecule has 0 saturated carbocycles. The molecule has 2 N–H and O–H groups in total. The normalized spacial score (nSPS) is 23.2. The van der Waals surface area contributed by atoms with Gasteiger partial charge in [-0.15, -0.1) is 0 Å². The minimum atomic E-state index is -0.949. The molecule has 3 aromatic rings. The van der Waals surface area contributed by atoms with Crippen LogP contribution in [0.4, 0.5) is 0 Å². The van der Waals surface area contributed by atoms with Crippen LogP contribution in [0, 0.1) is 5.92 Å². The van der Waals surface area contributed by atoms with Gasteiger partial charge >= 0.3 is 0 Å². The summed E-state index contributed by atoms with van der Waals surface area (Å²) in [6.07, 6.45) is 5.61. The molecule has 0 radical (unpaired) electrons. The van der Waals surface area contributed by atoms with Gasteiger partial charge in [0.15, 0.2) is 0 Å². The van der Waals surface area contributed by atoms with E-state index in [2.05, 4.69) is 29.0 Å². The van der Waals surface area contributed by atoms with Gasteiger partial charge in [-0.2, -0.15) is 0 Å². The summed E-state index contributed by atoms with van der Waals surface area (Å²) in [4.78, 5) is 7.01. The summed E-state index contributed by atoms with van der Waals surface area (Å²) in [7, 11) is 0. The zero-order valence-corrected chi connectivity index (χ0v) is 22.5. The maximum atomic E-state index is 11.5. The maximum absolute atomic E-state index is 11.5. The molecule has 2 aromatic carbocycles. The molecule has 2 atom stereocenters. The molecule has 0 amide bonds. The molecule has 0 bridgehead atoms. The number of likely N-dealkylation sites (tertiary alicyclic amines) is 1. The fourth-order valence-corrected chi connectivity index (χ4v) is 5.65. The van der Waals surface area contributed by atoms with Crippen molar-refractivity contribution in [3.63, 3.8) is 0 Å². The highest BCUT2D eigenvalue weighted by Gasteiger charge is 2.40. The molecule has 2 unspecified atom stereocenters. The largest absolute Gasteiger partial charge is 0.487 e. The first kappa shape index (κ1) is 25.9. The molecular weight excluding hydrogens is 484 g/mol. The summed E-state index contributed by atoms with van der Waals surface area (Å²) in [6.45, 7) is 8.67. The average molecular weight is 519 g/mol. The first-order valence-electron chi connectivity index (χ1n) is 13.0. The summed E-state index contributed by atoms with van der Waals surface area (Å²) >= 11 is 6.06. The Hall–Kier alpha value is -2.70. The molecule has 0 aliphatic carbocycles. The standard InChI is InChI=1S/C31H35ClN2O3/c1-21-19-34(17-14-31(21,36)22-8-11-24(32)12-9-22)16-5-7-25-26-6-4-15-33-28(26)20-37-29-13-10-23(18-27(25)29)30(2,3)35/h4,6-13,15,18,21,35-36H,5,14,16-17,19-20H2,1-3H3/b25-7-. The third-order valence-corrected chi connectivity index (χ3v) is 8.07. The van der Waals surface area contributed by atoms with Crippen LogP contribution in [0.15, 0.2) is 66.9 Å². The van der Waals surface area contributed by atoms with Crippen LogP contribution in [0.1, 0.15) is 61.6 Å². The molecule has 194 valence electrons. The Balaban J connectivity index is 1.37. The molecule has 5 nitrogen and oxygen atoms in total. The van der Waals surface area contributed by atoms with E-state index in [0.29, 0.717) is 18.1 Å². The number of rotatable bonds is 5. The van der Waals surface area contributed by atoms with E-state index in [4.69, 9.17) is 16.3 Å². The average Bonchev–Trinajstić information content (AvgIpc) is 3.03. The number of ether oxygens (including phenoxy) is 1. The Morgan fingerprint density at radius 2 is 1.95 bits per heavy atom. The van der Waals surface area contributed by atoms with Gasteiger partial charge in [0.2, 0.25) is 0 Å². The van der Waals surface area contributed by atoms with Crippen molar-refractivity contribution in [1.82, 2.24) is 9.88 Å². The second-order valence-electron chi connectivity index (χ2n) is 10.8. The topological polar surface area (TPSA) is 65.8 Å². The third-order valence-electron chi connectivity index (χ3n) is 7.82. The Morgan fingerprint density at radius 1 is 1.16 bits per heavy atom. The van der Waals surface area contributed by atoms with Crippen molar-refractivity contribution in [2.75, 3.05) is 19.6 Å². The molecule has 1 aromatic heterocycles. The number of hydrogen-bond donors (Lipinski definition) is 2. The molecule has 3 heterocycles. The van der Waals surface area contributed by atoms with Gasteiger partial charge in [-0.25, -0.2) is 0 Å². The SMILES string of the molecule is CC1CN(CC/C=C2\c3cc(C(C)(C)O)ccc3OCc3ncccc32)CCC1(O)c1ccc(Cl)cc1. The van der Waals surface area contributed by atoms with Gasteiger partial charge in [-0.05, 0) is 73.7 Å². The molecule has 2 aliphatic rings. The second kappa shape index (κ2) is 10.2. The summed E-state index contributed by atoms with van der Waals surface area (Å²) < 4.78 is 6.12. The smallest absolute Gasteiger partial charge is 0.131 e. The second-order valence-corrected chi connectivity index (χ2v) is 11.3. The highest BCUT2D eigenvalue weighted by atomic mass is 35.5. The summed E-state index contributed by atoms with van der Waals surface area (Å²) in [5.74, 6) is 0.901. The molecule has 37 heavy (non-hydrogen) atoms. The molecule has 0 spiro atoms. The van der Waals surface area contributed by atoms with Crippen LogP contribution >= 0.6 is 11.6 Å². The van der Waals surface area contributed by atoms with Crippen molar-refractivity contribution in [2.24, 2.45) is 5.92 Å². The van der Waals surface area contributed by atoms with Crippen molar-refractivity contribution < 1.29 is 14.9 Å². The number of pyridine rings is 1. The Kier molecular flexibility index (Phi) is 7.16. The van der Waals surface area contributed by atoms with Crippen molar-refractivity contribution in [3.8, 4) is 5.75 Å². The number of aliphatic hydroxyl groups is 2. The zero-order valence-electron chi connectivity index (χ0n) is 21.7. The Bertz CT molecular complexity index is 1300. The monoisotopic (exact) mass is 518 g/mol. The maximum Gasteiger partial charge on any atom is 0.131 e. The predicted molar refractivity (Wildman–Crippen MR) is 148 cm³/mol. The number of benzene rings is 2. The fraction of sp³-hybridized carbons (Fsp3) is 0.387. The van der Waals surface area contributed by atoms with Gasteiger partial charge in [0, 0.05) is 47.9 Å². The molecule has 2 aliphatic heterocycles. The Morgan fingerprint density at radius 3 is 2.68 bits per heavy atom. The molecule has 5 rings (SSSR count). The Labute approximate surface area is 224 Å². The van der Waals surface area contributed by atoms with Gasteiger partial charge in [0.05, 0.1) is 16.9 Å². The van der Waals surface area contributed by atoms with Crippen molar-refractivity contribution in [2.45, 2.75) is 51.4 Å². The van der Waals surface area contributed by atoms with Crippen LogP contribution in [0.25, 0.3) is 5.57 Å². The first-order valence-corrected chi connectivity index (χ1v) is 13.4. The minimum Gasteiger partial charge on any atom is -0.487 e. The summed E-state index contributed by atoms with van der Waals surface area (Å²) in [5, 5.41) is 22.8. The third kappa shape index (κ3) is 5.32. The van der Waals surface area contributed by atoms with Gasteiger partial charge in [-0.1, -0.05) is 48.9 Å². The minimum absolute atomic E-state index is 0.0985. The van der Waals surface area contributed by atoms with Crippen LogP contribution in [-0.4, -0.2) is 39.7 Å². The number of hydrogen-bond acceptors (Lipinski definition) is 5. The number of aromatic nitrogens is 1. The van der Waals surface area contributed by atoms with E-state index in [0.717, 1.165) is 65.3 Å². The first-order chi connectivity index (χ1) is 17.6. The lowest BCUT2D eigenvalue weighted by molar-refractivity contribution is -0.0706. The van der Waals surface area contributed by atoms with Gasteiger partial charge in [-0.3, -0.25) is 4.98 Å². The number of halogens is 1. The van der Waals surface area contributed by atoms with E-state index < -0.39 is 11.2 Å². The van der Waals surface area contributed by atoms with E-state index >= 15 is 0 Å². The molecule has 6 heteroatoms. The van der Waals surface area contributed by atoms with Crippen molar-refractivity contribution in [3.05, 3.63) is 99.8 Å². The molecule has 1 fully saturated rings. The van der Waals surface area contributed by atoms with E-state index in [-0.39, 0.29) is 5.92 Å². The van der Waals surface area contributed by atoms with Crippen LogP contribution in [0.2, 0.25) is 5.02 Å². The van der Waals surface area contributed by atoms with Gasteiger partial charge in [0.1, 0.15) is 12.4 Å². The predicted octanol–water partition coefficient (Wildman–Crippen LogP) is 5.91. The van der Waals surface area contributed by atoms with Crippen LogP contribution in [-0.2, 0) is 17.8 Å². The van der Waals surface area contributed by atoms with E-state index in [1.165, 1.54) is 0 Å². The number of piperidine rings is 1. The van der Waals surface area contributed by atoms with Crippen LogP contribution < -0.4 is 4.74 Å². The van der Waals surface area contributed by atoms with E-state index in [9.17, 15) is 10.2 Å². The van der Waals surface area contributed by atoms with E-state index in [1.807, 2.05) is 48.5 Å². The van der Waals surface area contributed by atoms with Crippen molar-refractivity contribution in [1.29, 1.82) is 0 Å². The van der Waals surface area contributed by atoms with E-state index in [1.54, 1.807) is 20.0 Å². The number of fused-ring (bicyclic) bond motifs is 2. The molecular formula is C31H35ClN2O3. The van der Waals surface area contributed by atoms with Crippen molar-refractivity contribution >= 4 is 17.2 Å². The lowest BCUT2D eigenvalue weighted by Gasteiger charge is -2.43. The lowest BCUT2D eigenvalue weighted by Crippen LogP contribution is -2.49. The highest BCUT2D eigenvalue weighted by molar-refractivity contribution is 6.30. The lowest BCUT2D eigenvalue weighted by atomic mass is 9.77. The molecule has 1 saturated heterocycles. The fourth-order valence-electron chi connectivity index (χ4n) is 5.52. The van der Waals surface area contributed by atoms with Gasteiger partial charge < -0.3 is 19.8 Å². The van der Waals surface area contributed by atoms with Crippen LogP contribution in [0.5, 0.6) is 5.75 Å². The summed E-state index contributed by atoms with van der Waals surface area (Å²) in [5.41, 5.74) is 4.05. The number of nitrogens with zero attached hydrogens (tertiary/aromatic N) is 2.